The lowest BCUT2D eigenvalue weighted by molar-refractivity contribution is 0.0698. The molecule has 1 heterocycles. The second-order valence-corrected chi connectivity index (χ2v) is 4.14. The number of nitrogens with zero attached hydrogens (tertiary/aromatic N) is 1. The summed E-state index contributed by atoms with van der Waals surface area (Å²) in [6.45, 7) is 1.73. The molecule has 2 aromatic rings. The normalized spacial score (nSPS) is 10.1. The predicted octanol–water partition coefficient (Wildman–Crippen LogP) is 2.48. The second kappa shape index (κ2) is 5.48. The molecule has 0 fully saturated rings. The molecule has 0 radical (unpaired) electrons. The number of hydrogen-bond acceptors (Lipinski definition) is 3. The third kappa shape index (κ3) is 2.80. The molecular formula is C14H11FN2O3. The van der Waals surface area contributed by atoms with Crippen molar-refractivity contribution in [1.82, 2.24) is 4.98 Å². The van der Waals surface area contributed by atoms with Crippen LogP contribution < -0.4 is 5.32 Å². The van der Waals surface area contributed by atoms with E-state index in [0.29, 0.717) is 0 Å². The number of carbonyl (C=O) groups excluding carboxylic acids is 1. The number of pyridine rings is 1. The van der Waals surface area contributed by atoms with Gasteiger partial charge in [-0.2, -0.15) is 0 Å². The van der Waals surface area contributed by atoms with E-state index in [2.05, 4.69) is 10.3 Å². The number of benzene rings is 1. The minimum absolute atomic E-state index is 0.0605. The van der Waals surface area contributed by atoms with Crippen molar-refractivity contribution < 1.29 is 19.1 Å². The lowest BCUT2D eigenvalue weighted by Crippen LogP contribution is -2.17. The van der Waals surface area contributed by atoms with Gasteiger partial charge >= 0.3 is 5.97 Å². The Morgan fingerprint density at radius 2 is 2.05 bits per heavy atom. The SMILES string of the molecule is Cc1ccc(NC(=O)c2ncccc2F)c(C(=O)O)c1. The highest BCUT2D eigenvalue weighted by Gasteiger charge is 2.17. The number of amides is 1. The molecule has 0 aliphatic heterocycles. The maximum atomic E-state index is 13.4. The van der Waals surface area contributed by atoms with Gasteiger partial charge in [-0.25, -0.2) is 14.2 Å². The van der Waals surface area contributed by atoms with Gasteiger partial charge in [-0.3, -0.25) is 4.79 Å². The lowest BCUT2D eigenvalue weighted by atomic mass is 10.1. The molecule has 0 saturated heterocycles. The van der Waals surface area contributed by atoms with E-state index in [9.17, 15) is 14.0 Å². The largest absolute Gasteiger partial charge is 0.478 e. The van der Waals surface area contributed by atoms with Gasteiger partial charge in [0.25, 0.3) is 5.91 Å². The van der Waals surface area contributed by atoms with Crippen LogP contribution in [-0.4, -0.2) is 22.0 Å². The van der Waals surface area contributed by atoms with Crippen LogP contribution in [0.25, 0.3) is 0 Å². The molecule has 1 aromatic carbocycles. The molecule has 20 heavy (non-hydrogen) atoms. The van der Waals surface area contributed by atoms with Crippen LogP contribution in [0.5, 0.6) is 0 Å². The van der Waals surface area contributed by atoms with Crippen molar-refractivity contribution in [2.24, 2.45) is 0 Å². The molecule has 2 rings (SSSR count). The molecule has 1 aromatic heterocycles. The summed E-state index contributed by atoms with van der Waals surface area (Å²) in [5.74, 6) is -2.74. The first-order chi connectivity index (χ1) is 9.49. The molecule has 102 valence electrons. The highest BCUT2D eigenvalue weighted by Crippen LogP contribution is 2.18. The number of aryl methyl sites for hydroxylation is 1. The molecule has 1 amide bonds. The monoisotopic (exact) mass is 274 g/mol. The smallest absolute Gasteiger partial charge is 0.337 e. The van der Waals surface area contributed by atoms with Crippen molar-refractivity contribution in [2.45, 2.75) is 6.92 Å². The number of carboxylic acid groups (broad SMARTS) is 1. The van der Waals surface area contributed by atoms with Gasteiger partial charge < -0.3 is 10.4 Å². The standard InChI is InChI=1S/C14H11FN2O3/c1-8-4-5-11(9(7-8)14(19)20)17-13(18)12-10(15)3-2-6-16-12/h2-7H,1H3,(H,17,18)(H,19,20). The van der Waals surface area contributed by atoms with Crippen molar-refractivity contribution >= 4 is 17.6 Å². The van der Waals surface area contributed by atoms with Gasteiger partial charge in [0.15, 0.2) is 11.5 Å². The number of hydrogen-bond donors (Lipinski definition) is 2. The Hall–Kier alpha value is -2.76. The number of aromatic carboxylic acids is 1. The minimum Gasteiger partial charge on any atom is -0.478 e. The Balaban J connectivity index is 2.33. The fourth-order valence-corrected chi connectivity index (χ4v) is 1.68. The third-order valence-corrected chi connectivity index (χ3v) is 2.63. The quantitative estimate of drug-likeness (QED) is 0.901. The topological polar surface area (TPSA) is 79.3 Å². The van der Waals surface area contributed by atoms with Crippen LogP contribution in [0.1, 0.15) is 26.4 Å². The van der Waals surface area contributed by atoms with Gasteiger partial charge in [-0.05, 0) is 31.2 Å². The maximum absolute atomic E-state index is 13.4. The number of carboxylic acids is 1. The lowest BCUT2D eigenvalue weighted by Gasteiger charge is -2.09. The molecule has 0 unspecified atom stereocenters. The Morgan fingerprint density at radius 3 is 2.70 bits per heavy atom. The number of carbonyl (C=O) groups is 2. The average molecular weight is 274 g/mol. The molecule has 0 atom stereocenters. The molecule has 2 N–H and O–H groups in total. The summed E-state index contributed by atoms with van der Waals surface area (Å²) < 4.78 is 13.4. The van der Waals surface area contributed by atoms with E-state index in [1.165, 1.54) is 24.4 Å². The van der Waals surface area contributed by atoms with E-state index in [1.807, 2.05) is 0 Å². The summed E-state index contributed by atoms with van der Waals surface area (Å²) >= 11 is 0. The zero-order chi connectivity index (χ0) is 14.7. The van der Waals surface area contributed by atoms with Crippen LogP contribution in [-0.2, 0) is 0 Å². The molecule has 0 bridgehead atoms. The van der Waals surface area contributed by atoms with Crippen LogP contribution in [0.3, 0.4) is 0 Å². The molecule has 0 spiro atoms. The average Bonchev–Trinajstić information content (AvgIpc) is 2.41. The predicted molar refractivity (Wildman–Crippen MR) is 70.3 cm³/mol. The fourth-order valence-electron chi connectivity index (χ4n) is 1.68. The van der Waals surface area contributed by atoms with Crippen molar-refractivity contribution in [3.05, 3.63) is 59.2 Å². The van der Waals surface area contributed by atoms with Gasteiger partial charge in [0.05, 0.1) is 11.3 Å². The van der Waals surface area contributed by atoms with Crippen molar-refractivity contribution in [2.75, 3.05) is 5.32 Å². The second-order valence-electron chi connectivity index (χ2n) is 4.14. The van der Waals surface area contributed by atoms with E-state index in [4.69, 9.17) is 5.11 Å². The Kier molecular flexibility index (Phi) is 3.74. The van der Waals surface area contributed by atoms with Gasteiger partial charge in [0.1, 0.15) is 0 Å². The minimum atomic E-state index is -1.18. The summed E-state index contributed by atoms with van der Waals surface area (Å²) in [4.78, 5) is 26.6. The van der Waals surface area contributed by atoms with Crippen LogP contribution in [0, 0.1) is 12.7 Å². The van der Waals surface area contributed by atoms with Crippen LogP contribution in [0.4, 0.5) is 10.1 Å². The Morgan fingerprint density at radius 1 is 1.30 bits per heavy atom. The van der Waals surface area contributed by atoms with Gasteiger partial charge in [-0.15, -0.1) is 0 Å². The summed E-state index contributed by atoms with van der Waals surface area (Å²) in [6, 6.07) is 7.00. The van der Waals surface area contributed by atoms with Crippen LogP contribution >= 0.6 is 0 Å². The summed E-state index contributed by atoms with van der Waals surface area (Å²) in [7, 11) is 0. The summed E-state index contributed by atoms with van der Waals surface area (Å²) in [5, 5.41) is 11.4. The number of halogens is 1. The first-order valence-electron chi connectivity index (χ1n) is 5.75. The molecule has 0 aliphatic rings. The van der Waals surface area contributed by atoms with Crippen molar-refractivity contribution in [3.8, 4) is 0 Å². The summed E-state index contributed by atoms with van der Waals surface area (Å²) in [6.07, 6.45) is 1.28. The van der Waals surface area contributed by atoms with Gasteiger partial charge in [0.2, 0.25) is 0 Å². The first kappa shape index (κ1) is 13.7. The van der Waals surface area contributed by atoms with Crippen LogP contribution in [0.2, 0.25) is 0 Å². The zero-order valence-corrected chi connectivity index (χ0v) is 10.6. The van der Waals surface area contributed by atoms with Crippen molar-refractivity contribution in [1.29, 1.82) is 0 Å². The van der Waals surface area contributed by atoms with E-state index >= 15 is 0 Å². The number of anilines is 1. The van der Waals surface area contributed by atoms with E-state index in [0.717, 1.165) is 11.6 Å². The number of rotatable bonds is 3. The van der Waals surface area contributed by atoms with E-state index in [-0.39, 0.29) is 16.9 Å². The maximum Gasteiger partial charge on any atom is 0.337 e. The number of aromatic nitrogens is 1. The Bertz CT molecular complexity index is 686. The first-order valence-corrected chi connectivity index (χ1v) is 5.75. The van der Waals surface area contributed by atoms with Gasteiger partial charge in [-0.1, -0.05) is 11.6 Å². The highest BCUT2D eigenvalue weighted by atomic mass is 19.1. The zero-order valence-electron chi connectivity index (χ0n) is 10.6. The molecular weight excluding hydrogens is 263 g/mol. The fraction of sp³-hybridized carbons (Fsp3) is 0.0714. The Labute approximate surface area is 114 Å². The van der Waals surface area contributed by atoms with Crippen molar-refractivity contribution in [3.63, 3.8) is 0 Å². The number of nitrogens with one attached hydrogen (secondary N) is 1. The summed E-state index contributed by atoms with van der Waals surface area (Å²) in [5.41, 5.74) is 0.390. The molecule has 5 nitrogen and oxygen atoms in total. The highest BCUT2D eigenvalue weighted by molar-refractivity contribution is 6.06. The molecule has 6 heteroatoms. The van der Waals surface area contributed by atoms with Crippen LogP contribution in [0.15, 0.2) is 36.5 Å². The van der Waals surface area contributed by atoms with Gasteiger partial charge in [0, 0.05) is 6.20 Å². The molecule has 0 aliphatic carbocycles. The third-order valence-electron chi connectivity index (χ3n) is 2.63. The molecule has 0 saturated carbocycles. The van der Waals surface area contributed by atoms with E-state index in [1.54, 1.807) is 13.0 Å². The van der Waals surface area contributed by atoms with E-state index < -0.39 is 17.7 Å².